The number of carbonyl (C=O) groups is 2. The molecule has 2 aliphatic heterocycles. The molecule has 0 amide bonds. The number of carbonyl (C=O) groups excluding carboxylic acids is 2. The van der Waals surface area contributed by atoms with Crippen LogP contribution < -0.4 is 0 Å². The van der Waals surface area contributed by atoms with Crippen molar-refractivity contribution in [3.05, 3.63) is 29.3 Å². The summed E-state index contributed by atoms with van der Waals surface area (Å²) < 4.78 is 41.8. The summed E-state index contributed by atoms with van der Waals surface area (Å²) in [5.41, 5.74) is 0.686. The van der Waals surface area contributed by atoms with Gasteiger partial charge >= 0.3 is 11.9 Å². The van der Waals surface area contributed by atoms with Gasteiger partial charge in [0.25, 0.3) is 0 Å². The summed E-state index contributed by atoms with van der Waals surface area (Å²) in [5.74, 6) is -1.32. The quantitative estimate of drug-likeness (QED) is 0.712. The zero-order valence-electron chi connectivity index (χ0n) is 13.8. The number of rotatable bonds is 4. The molecule has 0 unspecified atom stereocenters. The average molecular weight is 369 g/mol. The Kier molecular flexibility index (Phi) is 5.07. The lowest BCUT2D eigenvalue weighted by atomic mass is 10.1. The van der Waals surface area contributed by atoms with Crippen LogP contribution in [-0.2, 0) is 29.0 Å². The first-order chi connectivity index (χ1) is 11.9. The molecule has 0 spiro atoms. The van der Waals surface area contributed by atoms with Crippen LogP contribution in [0, 0.1) is 6.92 Å². The SMILES string of the molecule is Cc1ccc(S(=O)(=O)N2CCOCC2)cc1C(=O)O[C@@H]1CCOC1=O. The molecule has 0 N–H and O–H groups in total. The standard InChI is InChI=1S/C16H19NO7S/c1-11-2-3-12(25(20,21)17-5-8-22-9-6-17)10-13(11)15(18)24-14-4-7-23-16(14)19/h2-3,10,14H,4-9H2,1H3/t14-/m1/s1. The van der Waals surface area contributed by atoms with Crippen molar-refractivity contribution in [1.82, 2.24) is 4.31 Å². The first-order valence-corrected chi connectivity index (χ1v) is 9.40. The zero-order valence-corrected chi connectivity index (χ0v) is 14.6. The lowest BCUT2D eigenvalue weighted by Gasteiger charge is -2.26. The van der Waals surface area contributed by atoms with Crippen molar-refractivity contribution < 1.29 is 32.2 Å². The van der Waals surface area contributed by atoms with Crippen molar-refractivity contribution in [2.24, 2.45) is 0 Å². The van der Waals surface area contributed by atoms with Crippen molar-refractivity contribution in [2.45, 2.75) is 24.3 Å². The molecule has 0 saturated carbocycles. The van der Waals surface area contributed by atoms with Crippen LogP contribution in [0.4, 0.5) is 0 Å². The van der Waals surface area contributed by atoms with E-state index in [2.05, 4.69) is 0 Å². The van der Waals surface area contributed by atoms with Crippen molar-refractivity contribution in [1.29, 1.82) is 0 Å². The van der Waals surface area contributed by atoms with Crippen LogP contribution in [0.2, 0.25) is 0 Å². The van der Waals surface area contributed by atoms with Gasteiger partial charge in [0.15, 0.2) is 0 Å². The third kappa shape index (κ3) is 3.68. The van der Waals surface area contributed by atoms with Crippen LogP contribution >= 0.6 is 0 Å². The molecule has 0 aliphatic carbocycles. The maximum atomic E-state index is 12.7. The van der Waals surface area contributed by atoms with Gasteiger partial charge in [0.2, 0.25) is 16.1 Å². The molecule has 0 bridgehead atoms. The van der Waals surface area contributed by atoms with E-state index in [9.17, 15) is 18.0 Å². The zero-order chi connectivity index (χ0) is 18.0. The lowest BCUT2D eigenvalue weighted by Crippen LogP contribution is -2.40. The molecule has 0 aromatic heterocycles. The molecule has 2 saturated heterocycles. The summed E-state index contributed by atoms with van der Waals surface area (Å²) in [5, 5.41) is 0. The minimum absolute atomic E-state index is 0.0148. The highest BCUT2D eigenvalue weighted by Gasteiger charge is 2.32. The maximum absolute atomic E-state index is 12.7. The van der Waals surface area contributed by atoms with E-state index >= 15 is 0 Å². The molecule has 3 rings (SSSR count). The van der Waals surface area contributed by atoms with E-state index in [1.54, 1.807) is 13.0 Å². The van der Waals surface area contributed by atoms with Crippen LogP contribution in [0.5, 0.6) is 0 Å². The van der Waals surface area contributed by atoms with Crippen LogP contribution in [0.25, 0.3) is 0 Å². The van der Waals surface area contributed by atoms with E-state index in [4.69, 9.17) is 14.2 Å². The monoisotopic (exact) mass is 369 g/mol. The molecule has 9 heteroatoms. The molecular weight excluding hydrogens is 350 g/mol. The van der Waals surface area contributed by atoms with Crippen molar-refractivity contribution in [2.75, 3.05) is 32.9 Å². The average Bonchev–Trinajstić information content (AvgIpc) is 3.00. The predicted octanol–water partition coefficient (Wildman–Crippen LogP) is 0.488. The number of esters is 2. The van der Waals surface area contributed by atoms with Gasteiger partial charge in [-0.3, -0.25) is 0 Å². The Labute approximate surface area is 145 Å². The Balaban J connectivity index is 1.84. The van der Waals surface area contributed by atoms with Crippen molar-refractivity contribution in [3.8, 4) is 0 Å². The molecule has 0 radical (unpaired) electrons. The largest absolute Gasteiger partial charge is 0.463 e. The maximum Gasteiger partial charge on any atom is 0.347 e. The third-order valence-electron chi connectivity index (χ3n) is 4.17. The second-order valence-electron chi connectivity index (χ2n) is 5.84. The molecular formula is C16H19NO7S. The number of sulfonamides is 1. The van der Waals surface area contributed by atoms with Gasteiger partial charge in [-0.15, -0.1) is 0 Å². The molecule has 2 fully saturated rings. The Hall–Kier alpha value is -1.97. The van der Waals surface area contributed by atoms with Gasteiger partial charge in [-0.2, -0.15) is 4.31 Å². The second kappa shape index (κ2) is 7.11. The fourth-order valence-corrected chi connectivity index (χ4v) is 4.13. The van der Waals surface area contributed by atoms with E-state index in [-0.39, 0.29) is 30.2 Å². The first-order valence-electron chi connectivity index (χ1n) is 7.96. The van der Waals surface area contributed by atoms with Crippen LogP contribution in [0.15, 0.2) is 23.1 Å². The lowest BCUT2D eigenvalue weighted by molar-refractivity contribution is -0.145. The fraction of sp³-hybridized carbons (Fsp3) is 0.500. The topological polar surface area (TPSA) is 99.2 Å². The Morgan fingerprint density at radius 2 is 1.96 bits per heavy atom. The van der Waals surface area contributed by atoms with Gasteiger partial charge in [-0.25, -0.2) is 18.0 Å². The smallest absolute Gasteiger partial charge is 0.347 e. The van der Waals surface area contributed by atoms with Crippen LogP contribution in [0.1, 0.15) is 22.3 Å². The molecule has 136 valence electrons. The third-order valence-corrected chi connectivity index (χ3v) is 6.07. The van der Waals surface area contributed by atoms with Gasteiger partial charge in [0, 0.05) is 19.5 Å². The molecule has 1 atom stereocenters. The molecule has 8 nitrogen and oxygen atoms in total. The Bertz CT molecular complexity index is 784. The fourth-order valence-electron chi connectivity index (χ4n) is 2.69. The summed E-state index contributed by atoms with van der Waals surface area (Å²) in [6.07, 6.45) is -0.638. The highest BCUT2D eigenvalue weighted by molar-refractivity contribution is 7.89. The van der Waals surface area contributed by atoms with Gasteiger partial charge in [0.1, 0.15) is 0 Å². The van der Waals surface area contributed by atoms with Crippen molar-refractivity contribution in [3.63, 3.8) is 0 Å². The number of hydrogen-bond acceptors (Lipinski definition) is 7. The van der Waals surface area contributed by atoms with E-state index in [1.165, 1.54) is 16.4 Å². The normalized spacial score (nSPS) is 21.8. The molecule has 2 aliphatic rings. The van der Waals surface area contributed by atoms with Gasteiger partial charge in [-0.1, -0.05) is 6.07 Å². The van der Waals surface area contributed by atoms with E-state index in [1.807, 2.05) is 0 Å². The van der Waals surface area contributed by atoms with Gasteiger partial charge in [0.05, 0.1) is 30.3 Å². The van der Waals surface area contributed by atoms with E-state index in [0.29, 0.717) is 25.2 Å². The summed E-state index contributed by atoms with van der Waals surface area (Å²) >= 11 is 0. The Morgan fingerprint density at radius 1 is 1.24 bits per heavy atom. The second-order valence-corrected chi connectivity index (χ2v) is 7.78. The van der Waals surface area contributed by atoms with Crippen LogP contribution in [0.3, 0.4) is 0 Å². The number of ether oxygens (including phenoxy) is 3. The summed E-state index contributed by atoms with van der Waals surface area (Å²) in [7, 11) is -3.72. The molecule has 2 heterocycles. The summed E-state index contributed by atoms with van der Waals surface area (Å²) in [4.78, 5) is 23.8. The van der Waals surface area contributed by atoms with Crippen molar-refractivity contribution >= 4 is 22.0 Å². The molecule has 1 aromatic rings. The first kappa shape index (κ1) is 17.8. The number of benzene rings is 1. The molecule has 1 aromatic carbocycles. The number of hydrogen-bond donors (Lipinski definition) is 0. The Morgan fingerprint density at radius 3 is 2.60 bits per heavy atom. The van der Waals surface area contributed by atoms with E-state index in [0.717, 1.165) is 0 Å². The highest BCUT2D eigenvalue weighted by atomic mass is 32.2. The number of cyclic esters (lactones) is 1. The minimum Gasteiger partial charge on any atom is -0.463 e. The predicted molar refractivity (Wildman–Crippen MR) is 85.5 cm³/mol. The summed E-state index contributed by atoms with van der Waals surface area (Å²) in [6, 6.07) is 4.31. The highest BCUT2D eigenvalue weighted by Crippen LogP contribution is 2.22. The van der Waals surface area contributed by atoms with Gasteiger partial charge < -0.3 is 14.2 Å². The summed E-state index contributed by atoms with van der Waals surface area (Å²) in [6.45, 7) is 3.09. The van der Waals surface area contributed by atoms with Gasteiger partial charge in [-0.05, 0) is 24.6 Å². The molecule has 25 heavy (non-hydrogen) atoms. The van der Waals surface area contributed by atoms with Crippen LogP contribution in [-0.4, -0.2) is 63.7 Å². The minimum atomic E-state index is -3.72. The van der Waals surface area contributed by atoms with E-state index < -0.39 is 28.1 Å². The number of aryl methyl sites for hydroxylation is 1. The number of nitrogens with zero attached hydrogens (tertiary/aromatic N) is 1. The number of morpholine rings is 1.